The predicted octanol–water partition coefficient (Wildman–Crippen LogP) is 1.94. The van der Waals surface area contributed by atoms with Gasteiger partial charge in [-0.05, 0) is 24.3 Å². The van der Waals surface area contributed by atoms with Crippen LogP contribution in [0.15, 0.2) is 5.11 Å². The Hall–Kier alpha value is -0.810. The zero-order chi connectivity index (χ0) is 13.5. The van der Waals surface area contributed by atoms with E-state index in [1.807, 2.05) is 0 Å². The number of azide groups is 1. The van der Waals surface area contributed by atoms with E-state index in [-0.39, 0.29) is 6.04 Å². The van der Waals surface area contributed by atoms with Crippen LogP contribution in [0.5, 0.6) is 0 Å². The van der Waals surface area contributed by atoms with Crippen molar-refractivity contribution in [3.05, 3.63) is 10.4 Å². The minimum atomic E-state index is -0.558. The molecule has 1 aliphatic heterocycles. The van der Waals surface area contributed by atoms with Crippen molar-refractivity contribution in [2.45, 2.75) is 44.2 Å². The standard InChI is InChI=1S/C13H24N4O2/c14-16-15-13(11-4-2-1-3-5-11)12(18)10-17-6-8-19-9-7-17/h11-13,18H,1-10H2/t12-,13+/m0/s1. The maximum atomic E-state index is 10.4. The number of aliphatic hydroxyl groups is 1. The molecule has 1 heterocycles. The van der Waals surface area contributed by atoms with E-state index in [4.69, 9.17) is 10.3 Å². The van der Waals surface area contributed by atoms with E-state index in [1.165, 1.54) is 19.3 Å². The lowest BCUT2D eigenvalue weighted by atomic mass is 9.82. The number of ether oxygens (including phenoxy) is 1. The van der Waals surface area contributed by atoms with Gasteiger partial charge >= 0.3 is 0 Å². The second-order valence-electron chi connectivity index (χ2n) is 5.57. The lowest BCUT2D eigenvalue weighted by molar-refractivity contribution is 0.00296. The van der Waals surface area contributed by atoms with E-state index in [9.17, 15) is 5.11 Å². The fraction of sp³-hybridized carbons (Fsp3) is 1.00. The van der Waals surface area contributed by atoms with Gasteiger partial charge in [0.1, 0.15) is 0 Å². The fourth-order valence-corrected chi connectivity index (χ4v) is 3.18. The van der Waals surface area contributed by atoms with Gasteiger partial charge in [0, 0.05) is 24.5 Å². The van der Waals surface area contributed by atoms with Crippen molar-refractivity contribution >= 4 is 0 Å². The number of aliphatic hydroxyl groups excluding tert-OH is 1. The summed E-state index contributed by atoms with van der Waals surface area (Å²) < 4.78 is 5.30. The average Bonchev–Trinajstić information content (AvgIpc) is 2.46. The van der Waals surface area contributed by atoms with Crippen molar-refractivity contribution in [2.75, 3.05) is 32.8 Å². The number of morpholine rings is 1. The van der Waals surface area contributed by atoms with E-state index in [0.29, 0.717) is 12.5 Å². The van der Waals surface area contributed by atoms with Gasteiger partial charge in [0.2, 0.25) is 0 Å². The van der Waals surface area contributed by atoms with Gasteiger partial charge in [-0.3, -0.25) is 4.90 Å². The van der Waals surface area contributed by atoms with Crippen LogP contribution >= 0.6 is 0 Å². The van der Waals surface area contributed by atoms with Gasteiger partial charge in [-0.2, -0.15) is 0 Å². The Labute approximate surface area is 114 Å². The van der Waals surface area contributed by atoms with Crippen LogP contribution < -0.4 is 0 Å². The summed E-state index contributed by atoms with van der Waals surface area (Å²) in [5.74, 6) is 0.348. The van der Waals surface area contributed by atoms with Crippen LogP contribution in [-0.2, 0) is 4.74 Å². The summed E-state index contributed by atoms with van der Waals surface area (Å²) in [5, 5.41) is 14.3. The van der Waals surface area contributed by atoms with Crippen LogP contribution in [0.2, 0.25) is 0 Å². The number of rotatable bonds is 5. The number of nitrogens with zero attached hydrogens (tertiary/aromatic N) is 4. The highest BCUT2D eigenvalue weighted by molar-refractivity contribution is 4.87. The normalized spacial score (nSPS) is 25.5. The van der Waals surface area contributed by atoms with Crippen LogP contribution in [0.1, 0.15) is 32.1 Å². The largest absolute Gasteiger partial charge is 0.391 e. The minimum absolute atomic E-state index is 0.270. The van der Waals surface area contributed by atoms with Crippen molar-refractivity contribution in [3.63, 3.8) is 0 Å². The molecule has 19 heavy (non-hydrogen) atoms. The van der Waals surface area contributed by atoms with Gasteiger partial charge in [0.15, 0.2) is 0 Å². The Morgan fingerprint density at radius 3 is 2.58 bits per heavy atom. The molecule has 0 unspecified atom stereocenters. The molecule has 6 heteroatoms. The molecule has 2 aliphatic rings. The van der Waals surface area contributed by atoms with Crippen LogP contribution in [0, 0.1) is 5.92 Å². The molecule has 0 bridgehead atoms. The van der Waals surface area contributed by atoms with E-state index < -0.39 is 6.10 Å². The minimum Gasteiger partial charge on any atom is -0.391 e. The zero-order valence-corrected chi connectivity index (χ0v) is 11.4. The Bertz CT molecular complexity index is 308. The lowest BCUT2D eigenvalue weighted by Gasteiger charge is -2.34. The molecule has 0 aromatic carbocycles. The number of hydrogen-bond donors (Lipinski definition) is 1. The predicted molar refractivity (Wildman–Crippen MR) is 72.8 cm³/mol. The molecule has 0 aromatic heterocycles. The highest BCUT2D eigenvalue weighted by Gasteiger charge is 2.30. The van der Waals surface area contributed by atoms with Gasteiger partial charge in [-0.1, -0.05) is 24.4 Å². The third-order valence-corrected chi connectivity index (χ3v) is 4.26. The Morgan fingerprint density at radius 1 is 1.26 bits per heavy atom. The number of hydrogen-bond acceptors (Lipinski definition) is 4. The maximum absolute atomic E-state index is 10.4. The molecule has 0 radical (unpaired) electrons. The SMILES string of the molecule is [N-]=[N+]=N[C@H](C1CCCCC1)[C@@H](O)CN1CCOCC1. The van der Waals surface area contributed by atoms with Gasteiger partial charge in [-0.15, -0.1) is 0 Å². The quantitative estimate of drug-likeness (QED) is 0.470. The molecular weight excluding hydrogens is 244 g/mol. The molecule has 1 saturated heterocycles. The summed E-state index contributed by atoms with van der Waals surface area (Å²) >= 11 is 0. The Morgan fingerprint density at radius 2 is 1.95 bits per heavy atom. The Balaban J connectivity index is 1.90. The topological polar surface area (TPSA) is 81.5 Å². The molecule has 6 nitrogen and oxygen atoms in total. The lowest BCUT2D eigenvalue weighted by Crippen LogP contribution is -2.46. The fourth-order valence-electron chi connectivity index (χ4n) is 3.18. The molecular formula is C13H24N4O2. The highest BCUT2D eigenvalue weighted by Crippen LogP contribution is 2.30. The molecule has 1 N–H and O–H groups in total. The molecule has 1 aliphatic carbocycles. The molecule has 2 fully saturated rings. The number of β-amino-alcohol motifs (C(OH)–C–C–N with tert-alkyl or cyclic N) is 1. The van der Waals surface area contributed by atoms with Gasteiger partial charge < -0.3 is 9.84 Å². The molecule has 2 rings (SSSR count). The molecule has 0 aromatic rings. The smallest absolute Gasteiger partial charge is 0.0754 e. The second kappa shape index (κ2) is 7.70. The van der Waals surface area contributed by atoms with Crippen molar-refractivity contribution < 1.29 is 9.84 Å². The van der Waals surface area contributed by atoms with Crippen LogP contribution in [0.3, 0.4) is 0 Å². The molecule has 0 spiro atoms. The first-order chi connectivity index (χ1) is 9.31. The van der Waals surface area contributed by atoms with Crippen LogP contribution in [0.4, 0.5) is 0 Å². The van der Waals surface area contributed by atoms with Gasteiger partial charge in [0.25, 0.3) is 0 Å². The van der Waals surface area contributed by atoms with Crippen molar-refractivity contribution in [1.29, 1.82) is 0 Å². The van der Waals surface area contributed by atoms with E-state index >= 15 is 0 Å². The van der Waals surface area contributed by atoms with Crippen LogP contribution in [0.25, 0.3) is 10.4 Å². The summed E-state index contributed by atoms with van der Waals surface area (Å²) in [6.07, 6.45) is 5.23. The van der Waals surface area contributed by atoms with E-state index in [0.717, 1.165) is 39.1 Å². The van der Waals surface area contributed by atoms with Crippen molar-refractivity contribution in [2.24, 2.45) is 11.0 Å². The van der Waals surface area contributed by atoms with Crippen molar-refractivity contribution in [1.82, 2.24) is 4.90 Å². The van der Waals surface area contributed by atoms with Gasteiger partial charge in [-0.25, -0.2) is 0 Å². The van der Waals surface area contributed by atoms with E-state index in [1.54, 1.807) is 0 Å². The Kier molecular flexibility index (Phi) is 5.92. The first-order valence-electron chi connectivity index (χ1n) is 7.33. The van der Waals surface area contributed by atoms with Crippen LogP contribution in [-0.4, -0.2) is 55.0 Å². The summed E-state index contributed by atoms with van der Waals surface area (Å²) in [7, 11) is 0. The molecule has 1 saturated carbocycles. The first kappa shape index (κ1) is 14.6. The van der Waals surface area contributed by atoms with E-state index in [2.05, 4.69) is 14.9 Å². The summed E-state index contributed by atoms with van der Waals surface area (Å²) in [4.78, 5) is 5.14. The molecule has 2 atom stereocenters. The average molecular weight is 268 g/mol. The van der Waals surface area contributed by atoms with Gasteiger partial charge in [0.05, 0.1) is 25.4 Å². The second-order valence-corrected chi connectivity index (χ2v) is 5.57. The van der Waals surface area contributed by atoms with Crippen molar-refractivity contribution in [3.8, 4) is 0 Å². The highest BCUT2D eigenvalue weighted by atomic mass is 16.5. The zero-order valence-electron chi connectivity index (χ0n) is 11.4. The summed E-state index contributed by atoms with van der Waals surface area (Å²) in [5.41, 5.74) is 8.74. The molecule has 0 amide bonds. The molecule has 108 valence electrons. The summed E-state index contributed by atoms with van der Waals surface area (Å²) in [6.45, 7) is 3.74. The summed E-state index contributed by atoms with van der Waals surface area (Å²) in [6, 6.07) is -0.270. The first-order valence-corrected chi connectivity index (χ1v) is 7.33. The monoisotopic (exact) mass is 268 g/mol. The maximum Gasteiger partial charge on any atom is 0.0754 e. The third kappa shape index (κ3) is 4.35. The third-order valence-electron chi connectivity index (χ3n) is 4.26.